The van der Waals surface area contributed by atoms with Gasteiger partial charge in [0.2, 0.25) is 0 Å². The molecule has 0 aliphatic carbocycles. The first kappa shape index (κ1) is 19.7. The number of esters is 1. The second-order valence-corrected chi connectivity index (χ2v) is 6.39. The van der Waals surface area contributed by atoms with Crippen LogP contribution >= 0.6 is 0 Å². The number of carbonyl (C=O) groups excluding carboxylic acids is 5. The van der Waals surface area contributed by atoms with Crippen LogP contribution in [0, 0.1) is 6.92 Å². The van der Waals surface area contributed by atoms with Gasteiger partial charge < -0.3 is 10.5 Å². The number of carbonyl (C=O) groups is 5. The van der Waals surface area contributed by atoms with Crippen LogP contribution in [0.15, 0.2) is 42.5 Å². The van der Waals surface area contributed by atoms with E-state index in [4.69, 9.17) is 10.5 Å². The lowest BCUT2D eigenvalue weighted by Crippen LogP contribution is -2.42. The number of hydrogen-bond acceptors (Lipinski definition) is 6. The van der Waals surface area contributed by atoms with Crippen LogP contribution in [0.25, 0.3) is 0 Å². The summed E-state index contributed by atoms with van der Waals surface area (Å²) in [5.41, 5.74) is 6.25. The van der Waals surface area contributed by atoms with Gasteiger partial charge in [-0.25, -0.2) is 14.5 Å². The number of para-hydroxylation sites is 1. The molecule has 3 N–H and O–H groups in total. The molecule has 9 nitrogen and oxygen atoms in total. The number of nitrogens with zero attached hydrogens (tertiary/aromatic N) is 1. The number of nitrogens with two attached hydrogens (primary N) is 1. The maximum Gasteiger partial charge on any atom is 0.338 e. The monoisotopic (exact) mass is 395 g/mol. The third kappa shape index (κ3) is 3.70. The summed E-state index contributed by atoms with van der Waals surface area (Å²) < 4.78 is 4.98. The lowest BCUT2D eigenvalue weighted by molar-refractivity contribution is -0.127. The molecular formula is C20H17N3O6. The third-order valence-corrected chi connectivity index (χ3v) is 4.38. The van der Waals surface area contributed by atoms with Gasteiger partial charge in [0, 0.05) is 0 Å². The van der Waals surface area contributed by atoms with E-state index in [1.165, 1.54) is 25.1 Å². The molecule has 1 heterocycles. The van der Waals surface area contributed by atoms with Crippen molar-refractivity contribution in [1.29, 1.82) is 0 Å². The molecular weight excluding hydrogens is 378 g/mol. The molecule has 1 atom stereocenters. The zero-order valence-corrected chi connectivity index (χ0v) is 15.6. The van der Waals surface area contributed by atoms with Gasteiger partial charge in [0.05, 0.1) is 22.4 Å². The highest BCUT2D eigenvalue weighted by molar-refractivity contribution is 6.34. The van der Waals surface area contributed by atoms with E-state index in [2.05, 4.69) is 0 Å². The van der Waals surface area contributed by atoms with Gasteiger partial charge in [-0.3, -0.25) is 19.7 Å². The second-order valence-electron chi connectivity index (χ2n) is 6.39. The quantitative estimate of drug-likeness (QED) is 0.595. The smallest absolute Gasteiger partial charge is 0.338 e. The number of anilines is 1. The molecule has 5 amide bonds. The van der Waals surface area contributed by atoms with E-state index >= 15 is 0 Å². The molecule has 0 saturated carbocycles. The zero-order valence-electron chi connectivity index (χ0n) is 15.6. The van der Waals surface area contributed by atoms with Gasteiger partial charge in [-0.2, -0.15) is 0 Å². The van der Waals surface area contributed by atoms with E-state index in [1.807, 2.05) is 0 Å². The molecule has 3 rings (SSSR count). The summed E-state index contributed by atoms with van der Waals surface area (Å²) in [6, 6.07) is 9.80. The van der Waals surface area contributed by atoms with Crippen LogP contribution in [0.3, 0.4) is 0 Å². The van der Waals surface area contributed by atoms with Crippen molar-refractivity contribution in [2.24, 2.45) is 5.73 Å². The van der Waals surface area contributed by atoms with Gasteiger partial charge in [-0.15, -0.1) is 0 Å². The first-order valence-corrected chi connectivity index (χ1v) is 8.60. The van der Waals surface area contributed by atoms with Crippen LogP contribution in [-0.4, -0.2) is 35.8 Å². The van der Waals surface area contributed by atoms with Gasteiger partial charge >= 0.3 is 12.0 Å². The van der Waals surface area contributed by atoms with E-state index in [0.717, 1.165) is 10.5 Å². The molecule has 0 fully saturated rings. The normalized spacial score (nSPS) is 13.7. The molecule has 148 valence electrons. The average molecular weight is 395 g/mol. The Morgan fingerprint density at radius 3 is 2.34 bits per heavy atom. The van der Waals surface area contributed by atoms with Gasteiger partial charge in [0.25, 0.3) is 17.7 Å². The number of nitrogens with one attached hydrogen (secondary N) is 1. The zero-order chi connectivity index (χ0) is 21.3. The van der Waals surface area contributed by atoms with Gasteiger partial charge in [-0.1, -0.05) is 18.2 Å². The van der Waals surface area contributed by atoms with Crippen molar-refractivity contribution in [3.63, 3.8) is 0 Å². The fraction of sp³-hybridized carbons (Fsp3) is 0.150. The van der Waals surface area contributed by atoms with E-state index in [0.29, 0.717) is 5.69 Å². The first-order valence-electron chi connectivity index (χ1n) is 8.60. The van der Waals surface area contributed by atoms with Crippen LogP contribution in [0.2, 0.25) is 0 Å². The summed E-state index contributed by atoms with van der Waals surface area (Å²) >= 11 is 0. The van der Waals surface area contributed by atoms with Crippen LogP contribution < -0.4 is 16.0 Å². The van der Waals surface area contributed by atoms with Crippen molar-refractivity contribution >= 4 is 35.4 Å². The van der Waals surface area contributed by atoms with Gasteiger partial charge in [0.1, 0.15) is 0 Å². The van der Waals surface area contributed by atoms with E-state index in [-0.39, 0.29) is 16.7 Å². The van der Waals surface area contributed by atoms with Crippen LogP contribution in [0.5, 0.6) is 0 Å². The van der Waals surface area contributed by atoms with Gasteiger partial charge in [-0.05, 0) is 43.7 Å². The first-order chi connectivity index (χ1) is 13.7. The number of ether oxygens (including phenoxy) is 1. The standard InChI is InChI=1S/C20H17N3O6/c1-10-5-3-4-6-15(10)23-17(25)13-8-7-12(9-14(13)18(23)26)19(27)29-11(2)16(24)22-20(21)28/h3-9,11H,1-2H3,(H3,21,22,24,28)/t11-/m0/s1. The van der Waals surface area contributed by atoms with Crippen molar-refractivity contribution in [3.8, 4) is 0 Å². The van der Waals surface area contributed by atoms with Gasteiger partial charge in [0.15, 0.2) is 6.10 Å². The summed E-state index contributed by atoms with van der Waals surface area (Å²) in [5, 5.41) is 1.80. The molecule has 29 heavy (non-hydrogen) atoms. The molecule has 9 heteroatoms. The molecule has 0 saturated heterocycles. The molecule has 1 aliphatic heterocycles. The SMILES string of the molecule is Cc1ccccc1N1C(=O)c2ccc(C(=O)O[C@@H](C)C(=O)NC(N)=O)cc2C1=O. The minimum absolute atomic E-state index is 0.0183. The number of primary amides is 1. The lowest BCUT2D eigenvalue weighted by atomic mass is 10.1. The second kappa shape index (κ2) is 7.55. The maximum atomic E-state index is 12.8. The third-order valence-electron chi connectivity index (χ3n) is 4.38. The largest absolute Gasteiger partial charge is 0.449 e. The molecule has 0 unspecified atom stereocenters. The number of fused-ring (bicyclic) bond motifs is 1. The van der Waals surface area contributed by atoms with Crippen molar-refractivity contribution < 1.29 is 28.7 Å². The summed E-state index contributed by atoms with van der Waals surface area (Å²) in [6.07, 6.45) is -1.29. The summed E-state index contributed by atoms with van der Waals surface area (Å²) in [7, 11) is 0. The van der Waals surface area contributed by atoms with Crippen molar-refractivity contribution in [2.45, 2.75) is 20.0 Å². The predicted molar refractivity (Wildman–Crippen MR) is 101 cm³/mol. The number of urea groups is 1. The molecule has 1 aliphatic rings. The Hall–Kier alpha value is -4.01. The van der Waals surface area contributed by atoms with Crippen LogP contribution in [-0.2, 0) is 9.53 Å². The number of benzene rings is 2. The Morgan fingerprint density at radius 2 is 1.69 bits per heavy atom. The van der Waals surface area contributed by atoms with Crippen molar-refractivity contribution in [3.05, 3.63) is 64.7 Å². The Labute approximate surface area is 165 Å². The molecule has 0 bridgehead atoms. The fourth-order valence-electron chi connectivity index (χ4n) is 2.91. The molecule has 0 spiro atoms. The number of amides is 5. The Kier molecular flexibility index (Phi) is 5.14. The molecule has 2 aromatic carbocycles. The molecule has 2 aromatic rings. The maximum absolute atomic E-state index is 12.8. The minimum atomic E-state index is -1.29. The number of aryl methyl sites for hydroxylation is 1. The Morgan fingerprint density at radius 1 is 1.03 bits per heavy atom. The van der Waals surface area contributed by atoms with Crippen LogP contribution in [0.4, 0.5) is 10.5 Å². The van der Waals surface area contributed by atoms with Crippen molar-refractivity contribution in [1.82, 2.24) is 5.32 Å². The summed E-state index contributed by atoms with van der Waals surface area (Å²) in [6.45, 7) is 3.04. The Bertz CT molecular complexity index is 1060. The van der Waals surface area contributed by atoms with E-state index < -0.39 is 35.8 Å². The molecule has 0 aromatic heterocycles. The van der Waals surface area contributed by atoms with E-state index in [9.17, 15) is 24.0 Å². The topological polar surface area (TPSA) is 136 Å². The van der Waals surface area contributed by atoms with Crippen LogP contribution in [0.1, 0.15) is 43.6 Å². The number of imide groups is 2. The number of hydrogen-bond donors (Lipinski definition) is 2. The highest BCUT2D eigenvalue weighted by Crippen LogP contribution is 2.31. The number of rotatable bonds is 4. The van der Waals surface area contributed by atoms with Crippen molar-refractivity contribution in [2.75, 3.05) is 4.90 Å². The lowest BCUT2D eigenvalue weighted by Gasteiger charge is -2.16. The fourth-order valence-corrected chi connectivity index (χ4v) is 2.91. The summed E-state index contributed by atoms with van der Waals surface area (Å²) in [4.78, 5) is 61.2. The predicted octanol–water partition coefficient (Wildman–Crippen LogP) is 1.54. The highest BCUT2D eigenvalue weighted by Gasteiger charge is 2.38. The van der Waals surface area contributed by atoms with E-state index in [1.54, 1.807) is 36.5 Å². The average Bonchev–Trinajstić information content (AvgIpc) is 2.92. The highest BCUT2D eigenvalue weighted by atomic mass is 16.5. The molecule has 0 radical (unpaired) electrons. The summed E-state index contributed by atoms with van der Waals surface area (Å²) in [5.74, 6) is -2.83. The Balaban J connectivity index is 1.85. The minimum Gasteiger partial charge on any atom is -0.449 e.